The molecule has 1 fully saturated rings. The number of hydrogen-bond acceptors (Lipinski definition) is 3. The zero-order chi connectivity index (χ0) is 8.32. The first-order valence-corrected chi connectivity index (χ1v) is 4.31. The van der Waals surface area contributed by atoms with Crippen molar-refractivity contribution in [3.8, 4) is 0 Å². The van der Waals surface area contributed by atoms with Crippen molar-refractivity contribution in [2.24, 2.45) is 0 Å². The van der Waals surface area contributed by atoms with Gasteiger partial charge >= 0.3 is 0 Å². The minimum atomic E-state index is 0.188. The summed E-state index contributed by atoms with van der Waals surface area (Å²) in [6.07, 6.45) is 3.65. The van der Waals surface area contributed by atoms with Crippen LogP contribution in [0.2, 0.25) is 0 Å². The topological polar surface area (TPSA) is 36.1 Å². The fourth-order valence-electron chi connectivity index (χ4n) is 1.87. The second-order valence-corrected chi connectivity index (χ2v) is 3.31. The van der Waals surface area contributed by atoms with Gasteiger partial charge in [-0.2, -0.15) is 0 Å². The molecule has 0 radical (unpaired) electrons. The van der Waals surface area contributed by atoms with Crippen LogP contribution in [0.1, 0.15) is 19.3 Å². The lowest BCUT2D eigenvalue weighted by molar-refractivity contribution is 0.297. The van der Waals surface area contributed by atoms with Crippen molar-refractivity contribution in [2.45, 2.75) is 31.0 Å². The molecule has 0 aromatic carbocycles. The first kappa shape index (κ1) is 8.97. The van der Waals surface area contributed by atoms with Gasteiger partial charge in [-0.25, -0.2) is 0 Å². The summed E-state index contributed by atoms with van der Waals surface area (Å²) in [5.41, 5.74) is 0.188. The molecule has 1 saturated carbocycles. The third-order valence-corrected chi connectivity index (χ3v) is 2.88. The van der Waals surface area contributed by atoms with E-state index in [1.54, 1.807) is 0 Å². The van der Waals surface area contributed by atoms with Crippen LogP contribution in [0.4, 0.5) is 0 Å². The molecule has 1 aliphatic rings. The maximum absolute atomic E-state index is 3.34. The fraction of sp³-hybridized carbons (Fsp3) is 1.00. The Morgan fingerprint density at radius 3 is 2.09 bits per heavy atom. The summed E-state index contributed by atoms with van der Waals surface area (Å²) < 4.78 is 0. The van der Waals surface area contributed by atoms with Gasteiger partial charge in [0.15, 0.2) is 0 Å². The summed E-state index contributed by atoms with van der Waals surface area (Å²) in [6.45, 7) is 0. The molecule has 0 amide bonds. The Hall–Kier alpha value is -0.120. The van der Waals surface area contributed by atoms with Crippen LogP contribution in [-0.2, 0) is 0 Å². The highest BCUT2D eigenvalue weighted by atomic mass is 15.2. The highest BCUT2D eigenvalue weighted by molar-refractivity contribution is 4.94. The van der Waals surface area contributed by atoms with Crippen LogP contribution in [0, 0.1) is 0 Å². The van der Waals surface area contributed by atoms with Crippen molar-refractivity contribution in [1.29, 1.82) is 0 Å². The van der Waals surface area contributed by atoms with Gasteiger partial charge in [0.25, 0.3) is 0 Å². The van der Waals surface area contributed by atoms with E-state index >= 15 is 0 Å². The van der Waals surface area contributed by atoms with Crippen LogP contribution >= 0.6 is 0 Å². The molecule has 0 aliphatic heterocycles. The SMILES string of the molecule is CNC1CCC(NC)(NC)C1. The molecule has 0 heterocycles. The second-order valence-electron chi connectivity index (χ2n) is 3.31. The molecule has 0 aromatic heterocycles. The molecule has 0 aromatic rings. The summed E-state index contributed by atoms with van der Waals surface area (Å²) >= 11 is 0. The molecule has 0 saturated heterocycles. The fourth-order valence-corrected chi connectivity index (χ4v) is 1.87. The van der Waals surface area contributed by atoms with Crippen molar-refractivity contribution in [1.82, 2.24) is 16.0 Å². The number of hydrogen-bond donors (Lipinski definition) is 3. The van der Waals surface area contributed by atoms with Crippen molar-refractivity contribution < 1.29 is 0 Å². The average molecular weight is 157 g/mol. The van der Waals surface area contributed by atoms with E-state index in [1.165, 1.54) is 19.3 Å². The monoisotopic (exact) mass is 157 g/mol. The maximum atomic E-state index is 3.34. The van der Waals surface area contributed by atoms with Gasteiger partial charge in [-0.3, -0.25) is 0 Å². The smallest absolute Gasteiger partial charge is 0.0697 e. The van der Waals surface area contributed by atoms with E-state index in [0.29, 0.717) is 6.04 Å². The molecule has 3 N–H and O–H groups in total. The standard InChI is InChI=1S/C8H19N3/c1-9-7-4-5-8(6-7,10-2)11-3/h7,9-11H,4-6H2,1-3H3. The summed E-state index contributed by atoms with van der Waals surface area (Å²) in [5.74, 6) is 0. The van der Waals surface area contributed by atoms with E-state index in [2.05, 4.69) is 16.0 Å². The van der Waals surface area contributed by atoms with Gasteiger partial charge in [-0.1, -0.05) is 0 Å². The highest BCUT2D eigenvalue weighted by Crippen LogP contribution is 2.26. The highest BCUT2D eigenvalue weighted by Gasteiger charge is 2.35. The first-order chi connectivity index (χ1) is 5.26. The molecule has 0 spiro atoms. The van der Waals surface area contributed by atoms with E-state index in [1.807, 2.05) is 21.1 Å². The van der Waals surface area contributed by atoms with Gasteiger partial charge in [0.05, 0.1) is 5.66 Å². The zero-order valence-corrected chi connectivity index (χ0v) is 7.70. The third kappa shape index (κ3) is 1.72. The van der Waals surface area contributed by atoms with Crippen molar-refractivity contribution in [3.63, 3.8) is 0 Å². The number of nitrogens with one attached hydrogen (secondary N) is 3. The lowest BCUT2D eigenvalue weighted by Gasteiger charge is -2.28. The molecule has 66 valence electrons. The minimum Gasteiger partial charge on any atom is -0.317 e. The Bertz CT molecular complexity index is 121. The van der Waals surface area contributed by atoms with Crippen LogP contribution < -0.4 is 16.0 Å². The van der Waals surface area contributed by atoms with Crippen LogP contribution in [0.5, 0.6) is 0 Å². The largest absolute Gasteiger partial charge is 0.317 e. The zero-order valence-electron chi connectivity index (χ0n) is 7.70. The third-order valence-electron chi connectivity index (χ3n) is 2.88. The molecule has 0 bridgehead atoms. The van der Waals surface area contributed by atoms with E-state index in [0.717, 1.165) is 0 Å². The van der Waals surface area contributed by atoms with Crippen LogP contribution in [0.15, 0.2) is 0 Å². The molecule has 11 heavy (non-hydrogen) atoms. The Labute approximate surface area is 68.9 Å². The van der Waals surface area contributed by atoms with Gasteiger partial charge in [-0.15, -0.1) is 0 Å². The predicted octanol–water partition coefficient (Wildman–Crippen LogP) is -0.107. The van der Waals surface area contributed by atoms with E-state index in [4.69, 9.17) is 0 Å². The van der Waals surface area contributed by atoms with E-state index < -0.39 is 0 Å². The Balaban J connectivity index is 2.48. The Kier molecular flexibility index (Phi) is 2.87. The summed E-state index contributed by atoms with van der Waals surface area (Å²) in [6, 6.07) is 0.676. The lowest BCUT2D eigenvalue weighted by Crippen LogP contribution is -2.52. The van der Waals surface area contributed by atoms with Gasteiger partial charge in [0.1, 0.15) is 0 Å². The van der Waals surface area contributed by atoms with Gasteiger partial charge in [0, 0.05) is 6.04 Å². The molecule has 3 heteroatoms. The molecular weight excluding hydrogens is 138 g/mol. The molecular formula is C8H19N3. The molecule has 1 aliphatic carbocycles. The number of rotatable bonds is 3. The van der Waals surface area contributed by atoms with Gasteiger partial charge in [0.2, 0.25) is 0 Å². The minimum absolute atomic E-state index is 0.188. The van der Waals surface area contributed by atoms with E-state index in [-0.39, 0.29) is 5.66 Å². The van der Waals surface area contributed by atoms with Gasteiger partial charge < -0.3 is 16.0 Å². The second kappa shape index (κ2) is 3.52. The van der Waals surface area contributed by atoms with Gasteiger partial charge in [-0.05, 0) is 40.4 Å². The summed E-state index contributed by atoms with van der Waals surface area (Å²) in [7, 11) is 6.08. The molecule has 1 atom stereocenters. The molecule has 1 rings (SSSR count). The van der Waals surface area contributed by atoms with E-state index in [9.17, 15) is 0 Å². The maximum Gasteiger partial charge on any atom is 0.0697 e. The molecule has 3 nitrogen and oxygen atoms in total. The van der Waals surface area contributed by atoms with Crippen molar-refractivity contribution in [3.05, 3.63) is 0 Å². The average Bonchev–Trinajstić information content (AvgIpc) is 2.49. The normalized spacial score (nSPS) is 29.2. The van der Waals surface area contributed by atoms with Crippen molar-refractivity contribution in [2.75, 3.05) is 21.1 Å². The Morgan fingerprint density at radius 2 is 1.82 bits per heavy atom. The van der Waals surface area contributed by atoms with Crippen LogP contribution in [0.25, 0.3) is 0 Å². The van der Waals surface area contributed by atoms with Crippen molar-refractivity contribution >= 4 is 0 Å². The lowest BCUT2D eigenvalue weighted by atomic mass is 10.1. The van der Waals surface area contributed by atoms with Crippen LogP contribution in [0.3, 0.4) is 0 Å². The quantitative estimate of drug-likeness (QED) is 0.500. The summed E-state index contributed by atoms with van der Waals surface area (Å²) in [4.78, 5) is 0. The first-order valence-electron chi connectivity index (χ1n) is 4.31. The van der Waals surface area contributed by atoms with Crippen LogP contribution in [-0.4, -0.2) is 32.8 Å². The summed E-state index contributed by atoms with van der Waals surface area (Å²) in [5, 5.41) is 9.99. The Morgan fingerprint density at radius 1 is 1.18 bits per heavy atom. The molecule has 1 unspecified atom stereocenters. The predicted molar refractivity (Wildman–Crippen MR) is 47.5 cm³/mol.